The van der Waals surface area contributed by atoms with Crippen LogP contribution in [0.15, 0.2) is 23.1 Å². The third-order valence-corrected chi connectivity index (χ3v) is 4.54. The topological polar surface area (TPSA) is 136 Å². The first-order chi connectivity index (χ1) is 10.2. The van der Waals surface area contributed by atoms with Crippen LogP contribution in [0.2, 0.25) is 0 Å². The molecule has 2 rings (SSSR count). The Morgan fingerprint density at radius 3 is 2.73 bits per heavy atom. The number of rotatable bonds is 4. The molecule has 0 saturated carbocycles. The maximum atomic E-state index is 11.5. The second-order valence-corrected chi connectivity index (χ2v) is 7.05. The molecule has 1 fully saturated rings. The van der Waals surface area contributed by atoms with Gasteiger partial charge in [0.05, 0.1) is 9.82 Å². The highest BCUT2D eigenvalue weighted by Crippen LogP contribution is 2.31. The number of hydrogen-bond acceptors (Lipinski definition) is 7. The van der Waals surface area contributed by atoms with Crippen molar-refractivity contribution < 1.29 is 18.1 Å². The summed E-state index contributed by atoms with van der Waals surface area (Å²) in [5.74, 6) is -0.542. The lowest BCUT2D eigenvalue weighted by Crippen LogP contribution is -2.56. The molecule has 0 aliphatic carbocycles. The van der Waals surface area contributed by atoms with E-state index >= 15 is 0 Å². The predicted molar refractivity (Wildman–Crippen MR) is 79.4 cm³/mol. The van der Waals surface area contributed by atoms with Gasteiger partial charge in [-0.05, 0) is 12.1 Å². The molecule has 1 aromatic carbocycles. The van der Waals surface area contributed by atoms with Crippen LogP contribution in [0.3, 0.4) is 0 Å². The first-order valence-corrected chi connectivity index (χ1v) is 8.35. The lowest BCUT2D eigenvalue weighted by Gasteiger charge is -2.33. The molecule has 1 heterocycles. The number of sulfone groups is 1. The standard InChI is InChI=1S/C12H16N4O5S/c1-22(20,21)8-2-3-10(11(6-8)16(18)19)15-5-4-14-9(7-15)12(13)17/h2-3,6,9,14H,4-5,7H2,1H3,(H2,13,17)/t9-/m1/s1. The van der Waals surface area contributed by atoms with E-state index in [1.807, 2.05) is 0 Å². The normalized spacial score (nSPS) is 19.0. The Balaban J connectivity index is 2.42. The van der Waals surface area contributed by atoms with Crippen LogP contribution in [0, 0.1) is 10.1 Å². The Kier molecular flexibility index (Phi) is 4.33. The predicted octanol–water partition coefficient (Wildman–Crippen LogP) is -0.738. The van der Waals surface area contributed by atoms with Gasteiger partial charge in [-0.25, -0.2) is 8.42 Å². The largest absolute Gasteiger partial charge is 0.368 e. The van der Waals surface area contributed by atoms with Gasteiger partial charge in [0.25, 0.3) is 5.69 Å². The second kappa shape index (κ2) is 5.89. The number of primary amides is 1. The Bertz CT molecular complexity index is 718. The first-order valence-electron chi connectivity index (χ1n) is 6.46. The summed E-state index contributed by atoms with van der Waals surface area (Å²) in [4.78, 5) is 23.4. The number of piperazine rings is 1. The molecule has 0 aromatic heterocycles. The molecule has 0 radical (unpaired) electrons. The van der Waals surface area contributed by atoms with Crippen molar-refractivity contribution in [3.8, 4) is 0 Å². The monoisotopic (exact) mass is 328 g/mol. The van der Waals surface area contributed by atoms with Gasteiger partial charge in [-0.1, -0.05) is 0 Å². The van der Waals surface area contributed by atoms with Crippen LogP contribution in [-0.4, -0.2) is 51.2 Å². The number of nitro groups is 1. The molecule has 10 heteroatoms. The average molecular weight is 328 g/mol. The molecular weight excluding hydrogens is 312 g/mol. The van der Waals surface area contributed by atoms with Crippen LogP contribution in [0.1, 0.15) is 0 Å². The number of nitrogens with two attached hydrogens (primary N) is 1. The Hall–Kier alpha value is -2.20. The van der Waals surface area contributed by atoms with E-state index in [4.69, 9.17) is 5.73 Å². The van der Waals surface area contributed by atoms with E-state index in [-0.39, 0.29) is 22.8 Å². The van der Waals surface area contributed by atoms with E-state index in [2.05, 4.69) is 5.32 Å². The third-order valence-electron chi connectivity index (χ3n) is 3.43. The quantitative estimate of drug-likeness (QED) is 0.549. The fourth-order valence-corrected chi connectivity index (χ4v) is 2.95. The number of hydrogen-bond donors (Lipinski definition) is 2. The van der Waals surface area contributed by atoms with Crippen molar-refractivity contribution in [1.29, 1.82) is 0 Å². The summed E-state index contributed by atoms with van der Waals surface area (Å²) in [7, 11) is -3.54. The highest BCUT2D eigenvalue weighted by atomic mass is 32.2. The lowest BCUT2D eigenvalue weighted by atomic mass is 10.1. The SMILES string of the molecule is CS(=O)(=O)c1ccc(N2CCN[C@@H](C(N)=O)C2)c([N+](=O)[O-])c1. The van der Waals surface area contributed by atoms with E-state index in [1.54, 1.807) is 4.90 Å². The van der Waals surface area contributed by atoms with Gasteiger partial charge in [0.2, 0.25) is 5.91 Å². The highest BCUT2D eigenvalue weighted by Gasteiger charge is 2.28. The fourth-order valence-electron chi connectivity index (χ4n) is 2.31. The summed E-state index contributed by atoms with van der Waals surface area (Å²) < 4.78 is 23.1. The number of anilines is 1. The highest BCUT2D eigenvalue weighted by molar-refractivity contribution is 7.90. The van der Waals surface area contributed by atoms with E-state index in [9.17, 15) is 23.3 Å². The number of carbonyl (C=O) groups excluding carboxylic acids is 1. The van der Waals surface area contributed by atoms with Crippen LogP contribution in [-0.2, 0) is 14.6 Å². The Labute approximate surface area is 127 Å². The number of nitrogens with zero attached hydrogens (tertiary/aromatic N) is 2. The van der Waals surface area contributed by atoms with Crippen LogP contribution in [0.25, 0.3) is 0 Å². The maximum Gasteiger partial charge on any atom is 0.293 e. The van der Waals surface area contributed by atoms with Gasteiger partial charge in [0.15, 0.2) is 9.84 Å². The van der Waals surface area contributed by atoms with E-state index in [0.29, 0.717) is 13.1 Å². The average Bonchev–Trinajstić information content (AvgIpc) is 2.45. The summed E-state index contributed by atoms with van der Waals surface area (Å²) >= 11 is 0. The minimum absolute atomic E-state index is 0.121. The summed E-state index contributed by atoms with van der Waals surface area (Å²) in [6.45, 7) is 1.08. The van der Waals surface area contributed by atoms with Crippen molar-refractivity contribution in [3.63, 3.8) is 0 Å². The van der Waals surface area contributed by atoms with Crippen LogP contribution >= 0.6 is 0 Å². The molecule has 0 unspecified atom stereocenters. The number of amides is 1. The minimum atomic E-state index is -3.54. The number of carbonyl (C=O) groups is 1. The molecule has 0 bridgehead atoms. The van der Waals surface area contributed by atoms with Gasteiger partial charge in [-0.3, -0.25) is 14.9 Å². The zero-order valence-corrected chi connectivity index (χ0v) is 12.7. The third kappa shape index (κ3) is 3.34. The molecular formula is C12H16N4O5S. The van der Waals surface area contributed by atoms with Gasteiger partial charge in [0, 0.05) is 32.0 Å². The fraction of sp³-hybridized carbons (Fsp3) is 0.417. The molecule has 1 aliphatic heterocycles. The number of nitro benzene ring substituents is 1. The van der Waals surface area contributed by atoms with E-state index in [1.165, 1.54) is 12.1 Å². The minimum Gasteiger partial charge on any atom is -0.368 e. The Morgan fingerprint density at radius 1 is 1.50 bits per heavy atom. The van der Waals surface area contributed by atoms with Crippen molar-refractivity contribution >= 4 is 27.1 Å². The molecule has 120 valence electrons. The molecule has 9 nitrogen and oxygen atoms in total. The Morgan fingerprint density at radius 2 is 2.18 bits per heavy atom. The zero-order valence-electron chi connectivity index (χ0n) is 11.9. The lowest BCUT2D eigenvalue weighted by molar-refractivity contribution is -0.384. The summed E-state index contributed by atoms with van der Waals surface area (Å²) in [5.41, 5.74) is 5.20. The number of nitrogens with one attached hydrogen (secondary N) is 1. The van der Waals surface area contributed by atoms with Crippen molar-refractivity contribution in [2.75, 3.05) is 30.8 Å². The molecule has 3 N–H and O–H groups in total. The van der Waals surface area contributed by atoms with Crippen LogP contribution in [0.5, 0.6) is 0 Å². The van der Waals surface area contributed by atoms with Crippen LogP contribution in [0.4, 0.5) is 11.4 Å². The zero-order chi connectivity index (χ0) is 16.5. The maximum absolute atomic E-state index is 11.5. The molecule has 1 aromatic rings. The van der Waals surface area contributed by atoms with Gasteiger partial charge >= 0.3 is 0 Å². The van der Waals surface area contributed by atoms with Gasteiger partial charge in [-0.2, -0.15) is 0 Å². The molecule has 22 heavy (non-hydrogen) atoms. The van der Waals surface area contributed by atoms with Crippen molar-refractivity contribution in [1.82, 2.24) is 5.32 Å². The molecule has 1 aliphatic rings. The van der Waals surface area contributed by atoms with Gasteiger partial charge in [0.1, 0.15) is 11.7 Å². The van der Waals surface area contributed by atoms with E-state index in [0.717, 1.165) is 12.3 Å². The molecule has 1 amide bonds. The van der Waals surface area contributed by atoms with Crippen LogP contribution < -0.4 is 16.0 Å². The van der Waals surface area contributed by atoms with Gasteiger partial charge in [-0.15, -0.1) is 0 Å². The summed E-state index contributed by atoms with van der Waals surface area (Å²) in [6.07, 6.45) is 0.986. The van der Waals surface area contributed by atoms with Crippen molar-refractivity contribution in [3.05, 3.63) is 28.3 Å². The van der Waals surface area contributed by atoms with Crippen molar-refractivity contribution in [2.45, 2.75) is 10.9 Å². The van der Waals surface area contributed by atoms with Gasteiger partial charge < -0.3 is 16.0 Å². The summed E-state index contributed by atoms with van der Waals surface area (Å²) in [5, 5.41) is 14.2. The number of benzene rings is 1. The van der Waals surface area contributed by atoms with Crippen molar-refractivity contribution in [2.24, 2.45) is 5.73 Å². The second-order valence-electron chi connectivity index (χ2n) is 5.03. The van der Waals surface area contributed by atoms with E-state index < -0.39 is 26.7 Å². The first kappa shape index (κ1) is 16.2. The molecule has 0 spiro atoms. The smallest absolute Gasteiger partial charge is 0.293 e. The molecule has 1 atom stereocenters. The molecule has 1 saturated heterocycles. The summed E-state index contributed by atoms with van der Waals surface area (Å²) in [6, 6.07) is 3.13.